The summed E-state index contributed by atoms with van der Waals surface area (Å²) in [4.78, 5) is 2.77. The van der Waals surface area contributed by atoms with Gasteiger partial charge in [-0.2, -0.15) is 5.10 Å². The summed E-state index contributed by atoms with van der Waals surface area (Å²) in [7, 11) is 0. The number of hydrogen-bond donors (Lipinski definition) is 1. The minimum Gasteiger partial charge on any atom is -0.392 e. The molecule has 5 rings (SSSR count). The maximum atomic E-state index is 9.44. The van der Waals surface area contributed by atoms with Gasteiger partial charge < -0.3 is 9.84 Å². The minimum absolute atomic E-state index is 0.0811. The highest BCUT2D eigenvalue weighted by atomic mass is 16.5. The Labute approximate surface area is 167 Å². The fourth-order valence-electron chi connectivity index (χ4n) is 5.29. The molecule has 1 saturated carbocycles. The lowest BCUT2D eigenvalue weighted by Crippen LogP contribution is -2.47. The Morgan fingerprint density at radius 3 is 2.64 bits per heavy atom. The van der Waals surface area contributed by atoms with Crippen molar-refractivity contribution in [3.05, 3.63) is 30.0 Å². The largest absolute Gasteiger partial charge is 0.392 e. The first-order chi connectivity index (χ1) is 13.7. The molecule has 1 aromatic carbocycles. The molecule has 0 spiro atoms. The second-order valence-corrected chi connectivity index (χ2v) is 9.44. The first kappa shape index (κ1) is 18.6. The molecular weight excluding hydrogens is 350 g/mol. The number of ether oxygens (including phenoxy) is 1. The highest BCUT2D eigenvalue weighted by Crippen LogP contribution is 2.38. The highest BCUT2D eigenvalue weighted by molar-refractivity contribution is 5.79. The van der Waals surface area contributed by atoms with E-state index in [1.807, 2.05) is 12.3 Å². The van der Waals surface area contributed by atoms with Crippen molar-refractivity contribution in [2.45, 2.75) is 76.8 Å². The van der Waals surface area contributed by atoms with Crippen molar-refractivity contribution >= 4 is 10.9 Å². The van der Waals surface area contributed by atoms with E-state index in [0.717, 1.165) is 42.1 Å². The summed E-state index contributed by atoms with van der Waals surface area (Å²) in [6.07, 6.45) is 10.3. The standard InChI is InChI=1S/C23H33N3O2/c1-16(13-26-23-8-18(14-27)4-5-19(23)11-24-26)12-25-20-6-7-21(25)10-22(9-20)28-15-17-2-3-17/h4-5,8,11,16-17,20-22,27H,2-3,6-7,9-10,12-15H2,1H3/t16-,20-,21+,22-/m1/s1. The molecule has 3 heterocycles. The molecule has 2 aliphatic heterocycles. The number of piperidine rings is 1. The van der Waals surface area contributed by atoms with Gasteiger partial charge in [0.15, 0.2) is 0 Å². The lowest BCUT2D eigenvalue weighted by molar-refractivity contribution is -0.0276. The number of nitrogens with zero attached hydrogens (tertiary/aromatic N) is 3. The number of hydrogen-bond acceptors (Lipinski definition) is 4. The SMILES string of the molecule is C[C@H](CN1[C@@H]2CC[C@H]1C[C@H](OCC1CC1)C2)Cn1ncc2ccc(CO)cc21. The first-order valence-electron chi connectivity index (χ1n) is 11.1. The third kappa shape index (κ3) is 3.85. The molecule has 152 valence electrons. The van der Waals surface area contributed by atoms with E-state index < -0.39 is 0 Å². The molecule has 4 atom stereocenters. The van der Waals surface area contributed by atoms with Crippen molar-refractivity contribution in [2.75, 3.05) is 13.2 Å². The van der Waals surface area contributed by atoms with Crippen molar-refractivity contribution in [3.8, 4) is 0 Å². The summed E-state index contributed by atoms with van der Waals surface area (Å²) in [6, 6.07) is 7.52. The zero-order chi connectivity index (χ0) is 19.1. The van der Waals surface area contributed by atoms with Crippen molar-refractivity contribution in [3.63, 3.8) is 0 Å². The number of fused-ring (bicyclic) bond motifs is 3. The van der Waals surface area contributed by atoms with Gasteiger partial charge in [-0.25, -0.2) is 0 Å². The van der Waals surface area contributed by atoms with Gasteiger partial charge in [0, 0.05) is 37.2 Å². The fourth-order valence-corrected chi connectivity index (χ4v) is 5.29. The Hall–Kier alpha value is -1.43. The predicted molar refractivity (Wildman–Crippen MR) is 110 cm³/mol. The smallest absolute Gasteiger partial charge is 0.0686 e. The predicted octanol–water partition coefficient (Wildman–Crippen LogP) is 3.59. The van der Waals surface area contributed by atoms with Crippen LogP contribution in [0, 0.1) is 11.8 Å². The van der Waals surface area contributed by atoms with Crippen LogP contribution in [-0.4, -0.2) is 51.1 Å². The normalized spacial score (nSPS) is 28.9. The van der Waals surface area contributed by atoms with E-state index in [0.29, 0.717) is 24.1 Å². The molecule has 1 aliphatic carbocycles. The van der Waals surface area contributed by atoms with Crippen molar-refractivity contribution in [1.29, 1.82) is 0 Å². The van der Waals surface area contributed by atoms with E-state index >= 15 is 0 Å². The number of aromatic nitrogens is 2. The summed E-state index contributed by atoms with van der Waals surface area (Å²) in [6.45, 7) is 5.50. The highest BCUT2D eigenvalue weighted by Gasteiger charge is 2.41. The second-order valence-electron chi connectivity index (χ2n) is 9.44. The van der Waals surface area contributed by atoms with E-state index in [2.05, 4.69) is 33.7 Å². The number of rotatable bonds is 8. The van der Waals surface area contributed by atoms with Crippen LogP contribution >= 0.6 is 0 Å². The summed E-state index contributed by atoms with van der Waals surface area (Å²) < 4.78 is 8.35. The zero-order valence-corrected chi connectivity index (χ0v) is 17.0. The molecule has 0 radical (unpaired) electrons. The van der Waals surface area contributed by atoms with E-state index in [1.54, 1.807) is 0 Å². The quantitative estimate of drug-likeness (QED) is 0.757. The molecule has 28 heavy (non-hydrogen) atoms. The Morgan fingerprint density at radius 1 is 1.14 bits per heavy atom. The Bertz CT molecular complexity index is 801. The van der Waals surface area contributed by atoms with Gasteiger partial charge in [0.05, 0.1) is 24.4 Å². The fraction of sp³-hybridized carbons (Fsp3) is 0.696. The van der Waals surface area contributed by atoms with Gasteiger partial charge in [-0.05, 0) is 62.0 Å². The van der Waals surface area contributed by atoms with Gasteiger partial charge in [-0.15, -0.1) is 0 Å². The van der Waals surface area contributed by atoms with Gasteiger partial charge in [0.2, 0.25) is 0 Å². The number of aliphatic hydroxyl groups excluding tert-OH is 1. The topological polar surface area (TPSA) is 50.5 Å². The molecule has 5 nitrogen and oxygen atoms in total. The second kappa shape index (κ2) is 7.77. The number of benzene rings is 1. The molecule has 5 heteroatoms. The van der Waals surface area contributed by atoms with E-state index in [4.69, 9.17) is 4.74 Å². The van der Waals surface area contributed by atoms with Crippen LogP contribution in [0.5, 0.6) is 0 Å². The van der Waals surface area contributed by atoms with Crippen LogP contribution in [0.25, 0.3) is 10.9 Å². The van der Waals surface area contributed by atoms with Gasteiger partial charge in [0.25, 0.3) is 0 Å². The Morgan fingerprint density at radius 2 is 1.93 bits per heavy atom. The zero-order valence-electron chi connectivity index (χ0n) is 17.0. The average Bonchev–Trinajstić information content (AvgIpc) is 3.42. The molecule has 2 bridgehead atoms. The van der Waals surface area contributed by atoms with Crippen LogP contribution in [0.3, 0.4) is 0 Å². The van der Waals surface area contributed by atoms with E-state index in [-0.39, 0.29) is 6.61 Å². The molecule has 2 aromatic rings. The summed E-state index contributed by atoms with van der Waals surface area (Å²) in [5.74, 6) is 1.42. The van der Waals surface area contributed by atoms with Crippen LogP contribution in [0.15, 0.2) is 24.4 Å². The van der Waals surface area contributed by atoms with Gasteiger partial charge >= 0.3 is 0 Å². The molecule has 1 N–H and O–H groups in total. The minimum atomic E-state index is 0.0811. The van der Waals surface area contributed by atoms with E-state index in [1.165, 1.54) is 38.5 Å². The summed E-state index contributed by atoms with van der Waals surface area (Å²) in [5.41, 5.74) is 2.08. The van der Waals surface area contributed by atoms with Gasteiger partial charge in [-0.3, -0.25) is 9.58 Å². The van der Waals surface area contributed by atoms with Crippen LogP contribution in [0.1, 0.15) is 51.0 Å². The van der Waals surface area contributed by atoms with Gasteiger partial charge in [-0.1, -0.05) is 19.1 Å². The third-order valence-corrected chi connectivity index (χ3v) is 7.00. The molecule has 2 saturated heterocycles. The molecule has 3 fully saturated rings. The monoisotopic (exact) mass is 383 g/mol. The Balaban J connectivity index is 1.20. The Kier molecular flexibility index (Phi) is 5.16. The van der Waals surface area contributed by atoms with Crippen LogP contribution in [0.2, 0.25) is 0 Å². The average molecular weight is 384 g/mol. The lowest BCUT2D eigenvalue weighted by Gasteiger charge is -2.40. The molecule has 0 amide bonds. The van der Waals surface area contributed by atoms with E-state index in [9.17, 15) is 5.11 Å². The van der Waals surface area contributed by atoms with Crippen molar-refractivity contribution in [2.24, 2.45) is 11.8 Å². The summed E-state index contributed by atoms with van der Waals surface area (Å²) >= 11 is 0. The molecule has 3 aliphatic rings. The third-order valence-electron chi connectivity index (χ3n) is 7.00. The number of aliphatic hydroxyl groups is 1. The maximum absolute atomic E-state index is 9.44. The van der Waals surface area contributed by atoms with Crippen molar-refractivity contribution < 1.29 is 9.84 Å². The van der Waals surface area contributed by atoms with Crippen LogP contribution in [-0.2, 0) is 17.9 Å². The van der Waals surface area contributed by atoms with Crippen LogP contribution < -0.4 is 0 Å². The molecular formula is C23H33N3O2. The first-order valence-corrected chi connectivity index (χ1v) is 11.1. The molecule has 0 unspecified atom stereocenters. The van der Waals surface area contributed by atoms with Crippen LogP contribution in [0.4, 0.5) is 0 Å². The maximum Gasteiger partial charge on any atom is 0.0686 e. The lowest BCUT2D eigenvalue weighted by atomic mass is 9.98. The van der Waals surface area contributed by atoms with Crippen molar-refractivity contribution in [1.82, 2.24) is 14.7 Å². The van der Waals surface area contributed by atoms with Gasteiger partial charge in [0.1, 0.15) is 0 Å². The molecule has 1 aromatic heterocycles. The summed E-state index contributed by atoms with van der Waals surface area (Å²) in [5, 5.41) is 15.2.